The summed E-state index contributed by atoms with van der Waals surface area (Å²) in [7, 11) is 0. The smallest absolute Gasteiger partial charge is 0.133 e. The average molecular weight is 269 g/mol. The third kappa shape index (κ3) is 2.93. The van der Waals surface area contributed by atoms with Gasteiger partial charge in [0.2, 0.25) is 0 Å². The Morgan fingerprint density at radius 2 is 2.00 bits per heavy atom. The lowest BCUT2D eigenvalue weighted by Crippen LogP contribution is -2.35. The predicted molar refractivity (Wildman–Crippen MR) is 85.1 cm³/mol. The molecule has 1 aromatic heterocycles. The van der Waals surface area contributed by atoms with E-state index in [1.165, 1.54) is 43.2 Å². The number of piperidine rings is 1. The molecule has 1 N–H and O–H groups in total. The van der Waals surface area contributed by atoms with Crippen LogP contribution in [-0.4, -0.2) is 36.1 Å². The summed E-state index contributed by atoms with van der Waals surface area (Å²) in [6.07, 6.45) is 4.49. The monoisotopic (exact) mass is 269 g/mol. The summed E-state index contributed by atoms with van der Waals surface area (Å²) in [6.45, 7) is 6.96. The second-order valence-electron chi connectivity index (χ2n) is 5.64. The van der Waals surface area contributed by atoms with E-state index in [0.717, 1.165) is 18.3 Å². The first-order valence-electron chi connectivity index (χ1n) is 7.67. The fourth-order valence-electron chi connectivity index (χ4n) is 3.01. The number of pyridine rings is 1. The summed E-state index contributed by atoms with van der Waals surface area (Å²) >= 11 is 0. The molecule has 1 fully saturated rings. The molecule has 20 heavy (non-hydrogen) atoms. The average Bonchev–Trinajstić information content (AvgIpc) is 2.53. The molecule has 0 spiro atoms. The quantitative estimate of drug-likeness (QED) is 0.922. The number of nitrogens with zero attached hydrogens (tertiary/aromatic N) is 2. The molecule has 3 rings (SSSR count). The third-order valence-corrected chi connectivity index (χ3v) is 4.39. The second kappa shape index (κ2) is 6.23. The zero-order valence-corrected chi connectivity index (χ0v) is 12.2. The van der Waals surface area contributed by atoms with Crippen LogP contribution in [0.2, 0.25) is 0 Å². The number of hydrogen-bond acceptors (Lipinski definition) is 3. The molecule has 0 atom stereocenters. The predicted octanol–water partition coefficient (Wildman–Crippen LogP) is 3.38. The first kappa shape index (κ1) is 13.4. The summed E-state index contributed by atoms with van der Waals surface area (Å²) in [5, 5.41) is 6.04. The molecule has 1 aromatic carbocycles. The number of fused-ring (bicyclic) bond motifs is 1. The Labute approximate surface area is 121 Å². The summed E-state index contributed by atoms with van der Waals surface area (Å²) in [6, 6.07) is 10.5. The molecule has 1 aliphatic rings. The number of aromatic nitrogens is 1. The van der Waals surface area contributed by atoms with Gasteiger partial charge >= 0.3 is 0 Å². The molecule has 0 unspecified atom stereocenters. The van der Waals surface area contributed by atoms with Gasteiger partial charge in [0.1, 0.15) is 5.82 Å². The largest absolute Gasteiger partial charge is 0.369 e. The van der Waals surface area contributed by atoms with Crippen molar-refractivity contribution in [1.82, 2.24) is 9.88 Å². The minimum Gasteiger partial charge on any atom is -0.369 e. The van der Waals surface area contributed by atoms with Crippen molar-refractivity contribution < 1.29 is 0 Å². The number of rotatable bonds is 4. The Kier molecular flexibility index (Phi) is 4.16. The SMILES string of the molecule is CCN1CCC(CNc2nccc3ccccc23)CC1. The summed E-state index contributed by atoms with van der Waals surface area (Å²) in [5.41, 5.74) is 0. The van der Waals surface area contributed by atoms with Crippen molar-refractivity contribution in [3.8, 4) is 0 Å². The van der Waals surface area contributed by atoms with Gasteiger partial charge in [-0.05, 0) is 49.8 Å². The van der Waals surface area contributed by atoms with Crippen LogP contribution in [-0.2, 0) is 0 Å². The molecule has 3 nitrogen and oxygen atoms in total. The highest BCUT2D eigenvalue weighted by molar-refractivity contribution is 5.91. The van der Waals surface area contributed by atoms with E-state index in [0.29, 0.717) is 0 Å². The molecular formula is C17H23N3. The Morgan fingerprint density at radius 1 is 1.20 bits per heavy atom. The fraction of sp³-hybridized carbons (Fsp3) is 0.471. The van der Waals surface area contributed by atoms with Gasteiger partial charge in [-0.25, -0.2) is 4.98 Å². The molecule has 1 aliphatic heterocycles. The van der Waals surface area contributed by atoms with Gasteiger partial charge < -0.3 is 10.2 Å². The van der Waals surface area contributed by atoms with Crippen molar-refractivity contribution in [2.24, 2.45) is 5.92 Å². The van der Waals surface area contributed by atoms with Crippen LogP contribution in [0.15, 0.2) is 36.5 Å². The highest BCUT2D eigenvalue weighted by atomic mass is 15.1. The number of likely N-dealkylation sites (tertiary alicyclic amines) is 1. The highest BCUT2D eigenvalue weighted by Gasteiger charge is 2.17. The van der Waals surface area contributed by atoms with E-state index >= 15 is 0 Å². The summed E-state index contributed by atoms with van der Waals surface area (Å²) in [5.74, 6) is 1.81. The minimum absolute atomic E-state index is 0.776. The number of benzene rings is 1. The molecule has 0 aliphatic carbocycles. The van der Waals surface area contributed by atoms with Gasteiger partial charge in [0.05, 0.1) is 0 Å². The van der Waals surface area contributed by atoms with E-state index in [-0.39, 0.29) is 0 Å². The van der Waals surface area contributed by atoms with E-state index in [2.05, 4.69) is 52.5 Å². The minimum atomic E-state index is 0.776. The molecular weight excluding hydrogens is 246 g/mol. The topological polar surface area (TPSA) is 28.2 Å². The van der Waals surface area contributed by atoms with Crippen LogP contribution in [0, 0.1) is 5.92 Å². The van der Waals surface area contributed by atoms with Gasteiger partial charge in [-0.1, -0.05) is 31.2 Å². The third-order valence-electron chi connectivity index (χ3n) is 4.39. The van der Waals surface area contributed by atoms with Crippen molar-refractivity contribution >= 4 is 16.6 Å². The molecule has 0 saturated carbocycles. The van der Waals surface area contributed by atoms with Crippen LogP contribution >= 0.6 is 0 Å². The molecule has 3 heteroatoms. The second-order valence-corrected chi connectivity index (χ2v) is 5.64. The Hall–Kier alpha value is -1.61. The van der Waals surface area contributed by atoms with E-state index in [9.17, 15) is 0 Å². The summed E-state index contributed by atoms with van der Waals surface area (Å²) < 4.78 is 0. The van der Waals surface area contributed by atoms with E-state index in [4.69, 9.17) is 0 Å². The molecule has 2 heterocycles. The van der Waals surface area contributed by atoms with Crippen molar-refractivity contribution in [3.05, 3.63) is 36.5 Å². The zero-order chi connectivity index (χ0) is 13.8. The van der Waals surface area contributed by atoms with Crippen molar-refractivity contribution in [3.63, 3.8) is 0 Å². The van der Waals surface area contributed by atoms with Gasteiger partial charge in [0, 0.05) is 18.1 Å². The van der Waals surface area contributed by atoms with Crippen molar-refractivity contribution in [2.45, 2.75) is 19.8 Å². The zero-order valence-electron chi connectivity index (χ0n) is 12.2. The molecule has 0 bridgehead atoms. The maximum Gasteiger partial charge on any atom is 0.133 e. The van der Waals surface area contributed by atoms with Gasteiger partial charge in [-0.3, -0.25) is 0 Å². The van der Waals surface area contributed by atoms with Crippen LogP contribution in [0.5, 0.6) is 0 Å². The summed E-state index contributed by atoms with van der Waals surface area (Å²) in [4.78, 5) is 7.04. The van der Waals surface area contributed by atoms with Crippen LogP contribution in [0.4, 0.5) is 5.82 Å². The standard InChI is InChI=1S/C17H23N3/c1-2-20-11-8-14(9-12-20)13-19-17-16-6-4-3-5-15(16)7-10-18-17/h3-7,10,14H,2,8-9,11-13H2,1H3,(H,18,19). The van der Waals surface area contributed by atoms with Crippen molar-refractivity contribution in [1.29, 1.82) is 0 Å². The first-order valence-corrected chi connectivity index (χ1v) is 7.67. The molecule has 0 radical (unpaired) electrons. The van der Waals surface area contributed by atoms with E-state index in [1.807, 2.05) is 6.20 Å². The lowest BCUT2D eigenvalue weighted by atomic mass is 9.97. The van der Waals surface area contributed by atoms with Gasteiger partial charge in [-0.2, -0.15) is 0 Å². The number of hydrogen-bond donors (Lipinski definition) is 1. The Balaban J connectivity index is 1.63. The van der Waals surface area contributed by atoms with Gasteiger partial charge in [0.25, 0.3) is 0 Å². The molecule has 2 aromatic rings. The van der Waals surface area contributed by atoms with E-state index in [1.54, 1.807) is 0 Å². The Morgan fingerprint density at radius 3 is 2.80 bits per heavy atom. The lowest BCUT2D eigenvalue weighted by Gasteiger charge is -2.31. The Bertz CT molecular complexity index is 554. The van der Waals surface area contributed by atoms with Crippen LogP contribution < -0.4 is 5.32 Å². The fourth-order valence-corrected chi connectivity index (χ4v) is 3.01. The molecule has 0 amide bonds. The maximum absolute atomic E-state index is 4.50. The van der Waals surface area contributed by atoms with Crippen LogP contribution in [0.1, 0.15) is 19.8 Å². The van der Waals surface area contributed by atoms with Crippen molar-refractivity contribution in [2.75, 3.05) is 31.5 Å². The lowest BCUT2D eigenvalue weighted by molar-refractivity contribution is 0.198. The number of nitrogens with one attached hydrogen (secondary N) is 1. The normalized spacial score (nSPS) is 17.4. The van der Waals surface area contributed by atoms with Crippen LogP contribution in [0.25, 0.3) is 10.8 Å². The van der Waals surface area contributed by atoms with E-state index < -0.39 is 0 Å². The number of anilines is 1. The first-order chi connectivity index (χ1) is 9.86. The molecule has 106 valence electrons. The van der Waals surface area contributed by atoms with Gasteiger partial charge in [0.15, 0.2) is 0 Å². The molecule has 1 saturated heterocycles. The highest BCUT2D eigenvalue weighted by Crippen LogP contribution is 2.22. The van der Waals surface area contributed by atoms with Gasteiger partial charge in [-0.15, -0.1) is 0 Å². The maximum atomic E-state index is 4.50. The van der Waals surface area contributed by atoms with Crippen LogP contribution in [0.3, 0.4) is 0 Å².